The van der Waals surface area contributed by atoms with E-state index in [1.54, 1.807) is 30.5 Å². The van der Waals surface area contributed by atoms with Gasteiger partial charge >= 0.3 is 0 Å². The average molecular weight is 405 g/mol. The quantitative estimate of drug-likeness (QED) is 0.650. The summed E-state index contributed by atoms with van der Waals surface area (Å²) in [6.45, 7) is 1.89. The maximum Gasteiger partial charge on any atom is 0.255 e. The Morgan fingerprint density at radius 3 is 2.63 bits per heavy atom. The minimum atomic E-state index is -0.337. The summed E-state index contributed by atoms with van der Waals surface area (Å²) in [6, 6.07) is 11.7. The van der Waals surface area contributed by atoms with E-state index in [0.717, 1.165) is 11.3 Å². The molecule has 2 aliphatic heterocycles. The van der Waals surface area contributed by atoms with Gasteiger partial charge < -0.3 is 14.5 Å². The van der Waals surface area contributed by atoms with Gasteiger partial charge in [0.05, 0.1) is 11.2 Å². The zero-order valence-corrected chi connectivity index (χ0v) is 16.8. The number of ether oxygens (including phenoxy) is 1. The number of amides is 2. The van der Waals surface area contributed by atoms with Crippen molar-refractivity contribution in [3.05, 3.63) is 54.5 Å². The Morgan fingerprint density at radius 1 is 1.13 bits per heavy atom. The average Bonchev–Trinajstić information content (AvgIpc) is 3.21. The number of likely N-dealkylation sites (tertiary alicyclic amines) is 1. The van der Waals surface area contributed by atoms with Crippen LogP contribution >= 0.6 is 0 Å². The van der Waals surface area contributed by atoms with Gasteiger partial charge in [-0.2, -0.15) is 0 Å². The molecule has 30 heavy (non-hydrogen) atoms. The lowest BCUT2D eigenvalue weighted by Gasteiger charge is -2.46. The van der Waals surface area contributed by atoms with Gasteiger partial charge in [0.25, 0.3) is 5.91 Å². The Balaban J connectivity index is 1.32. The molecule has 0 aliphatic carbocycles. The summed E-state index contributed by atoms with van der Waals surface area (Å²) in [5.41, 5.74) is 2.58. The van der Waals surface area contributed by atoms with Gasteiger partial charge in [0.2, 0.25) is 5.91 Å². The van der Waals surface area contributed by atoms with Crippen LogP contribution in [0.25, 0.3) is 16.9 Å². The van der Waals surface area contributed by atoms with Crippen molar-refractivity contribution in [2.24, 2.45) is 0 Å². The van der Waals surface area contributed by atoms with Gasteiger partial charge in [0.1, 0.15) is 18.5 Å². The molecule has 2 amide bonds. The Labute approximate surface area is 174 Å². The summed E-state index contributed by atoms with van der Waals surface area (Å²) in [7, 11) is 1.81. The van der Waals surface area contributed by atoms with Crippen LogP contribution in [-0.4, -0.2) is 75.0 Å². The molecule has 3 aromatic rings. The number of pyridine rings is 1. The Hall–Kier alpha value is -3.26. The zero-order chi connectivity index (χ0) is 20.7. The number of imidazole rings is 1. The second kappa shape index (κ2) is 7.21. The molecule has 8 heteroatoms. The minimum Gasteiger partial charge on any atom is -0.363 e. The molecule has 2 saturated heterocycles. The molecule has 0 atom stereocenters. The van der Waals surface area contributed by atoms with E-state index in [0.29, 0.717) is 43.6 Å². The lowest BCUT2D eigenvalue weighted by Crippen LogP contribution is -2.58. The third kappa shape index (κ3) is 3.23. The monoisotopic (exact) mass is 405 g/mol. The first kappa shape index (κ1) is 18.7. The van der Waals surface area contributed by atoms with Crippen molar-refractivity contribution in [2.45, 2.75) is 18.4 Å². The van der Waals surface area contributed by atoms with Gasteiger partial charge in [-0.05, 0) is 31.0 Å². The standard InChI is InChI=1S/C22H23N5O3/c1-25-14-22(30-13-19(25)28)7-9-26(10-8-22)21(29)16-11-18-20(23-12-16)27(15-24-18)17-5-3-2-4-6-17/h2-6,11-12,15H,7-10,13-14H2,1H3. The number of hydrogen-bond acceptors (Lipinski definition) is 5. The summed E-state index contributed by atoms with van der Waals surface area (Å²) in [6.07, 6.45) is 4.78. The first-order valence-electron chi connectivity index (χ1n) is 10.1. The Bertz CT molecular complexity index is 1100. The van der Waals surface area contributed by atoms with Crippen molar-refractivity contribution in [3.8, 4) is 5.69 Å². The smallest absolute Gasteiger partial charge is 0.255 e. The van der Waals surface area contributed by atoms with Crippen LogP contribution in [0.5, 0.6) is 0 Å². The van der Waals surface area contributed by atoms with Crippen LogP contribution in [0, 0.1) is 0 Å². The summed E-state index contributed by atoms with van der Waals surface area (Å²) in [5.74, 6) is -0.0396. The number of aromatic nitrogens is 3. The predicted octanol–water partition coefficient (Wildman–Crippen LogP) is 1.88. The second-order valence-corrected chi connectivity index (χ2v) is 8.03. The lowest BCUT2D eigenvalue weighted by atomic mass is 9.89. The third-order valence-electron chi connectivity index (χ3n) is 6.08. The molecule has 1 spiro atoms. The molecule has 4 heterocycles. The molecule has 2 fully saturated rings. The first-order valence-corrected chi connectivity index (χ1v) is 10.1. The first-order chi connectivity index (χ1) is 14.5. The fourth-order valence-electron chi connectivity index (χ4n) is 4.29. The van der Waals surface area contributed by atoms with E-state index >= 15 is 0 Å². The van der Waals surface area contributed by atoms with E-state index in [-0.39, 0.29) is 24.0 Å². The van der Waals surface area contributed by atoms with Crippen LogP contribution in [-0.2, 0) is 9.53 Å². The second-order valence-electron chi connectivity index (χ2n) is 8.03. The molecular weight excluding hydrogens is 382 g/mol. The highest BCUT2D eigenvalue weighted by Crippen LogP contribution is 2.30. The number of hydrogen-bond donors (Lipinski definition) is 0. The fourth-order valence-corrected chi connectivity index (χ4v) is 4.29. The molecule has 2 aliphatic rings. The van der Waals surface area contributed by atoms with Crippen molar-refractivity contribution < 1.29 is 14.3 Å². The maximum atomic E-state index is 13.1. The van der Waals surface area contributed by atoms with Crippen molar-refractivity contribution in [1.82, 2.24) is 24.3 Å². The number of benzene rings is 1. The maximum absolute atomic E-state index is 13.1. The van der Waals surface area contributed by atoms with Gasteiger partial charge in [-0.25, -0.2) is 9.97 Å². The Kier molecular flexibility index (Phi) is 4.51. The highest BCUT2D eigenvalue weighted by Gasteiger charge is 2.42. The van der Waals surface area contributed by atoms with Crippen molar-refractivity contribution in [2.75, 3.05) is 33.3 Å². The number of fused-ring (bicyclic) bond motifs is 1. The van der Waals surface area contributed by atoms with Crippen LogP contribution < -0.4 is 0 Å². The summed E-state index contributed by atoms with van der Waals surface area (Å²) in [5, 5.41) is 0. The van der Waals surface area contributed by atoms with Crippen LogP contribution in [0.2, 0.25) is 0 Å². The molecule has 0 N–H and O–H groups in total. The van der Waals surface area contributed by atoms with E-state index in [9.17, 15) is 9.59 Å². The topological polar surface area (TPSA) is 80.6 Å². The molecule has 1 aromatic carbocycles. The third-order valence-corrected chi connectivity index (χ3v) is 6.08. The highest BCUT2D eigenvalue weighted by molar-refractivity contribution is 5.96. The molecule has 2 aromatic heterocycles. The van der Waals surface area contributed by atoms with E-state index in [1.165, 1.54) is 0 Å². The van der Waals surface area contributed by atoms with E-state index in [2.05, 4.69) is 9.97 Å². The molecule has 0 saturated carbocycles. The van der Waals surface area contributed by atoms with Crippen LogP contribution in [0.15, 0.2) is 48.9 Å². The molecule has 0 unspecified atom stereocenters. The van der Waals surface area contributed by atoms with Crippen LogP contribution in [0.3, 0.4) is 0 Å². The van der Waals surface area contributed by atoms with Gasteiger partial charge in [0, 0.05) is 38.6 Å². The van der Waals surface area contributed by atoms with Crippen molar-refractivity contribution in [3.63, 3.8) is 0 Å². The number of carbonyl (C=O) groups is 2. The molecular formula is C22H23N5O3. The van der Waals surface area contributed by atoms with Crippen LogP contribution in [0.1, 0.15) is 23.2 Å². The van der Waals surface area contributed by atoms with E-state index < -0.39 is 0 Å². The fraction of sp³-hybridized carbons (Fsp3) is 0.364. The normalized spacial score (nSPS) is 18.9. The van der Waals surface area contributed by atoms with Crippen LogP contribution in [0.4, 0.5) is 0 Å². The van der Waals surface area contributed by atoms with Gasteiger partial charge in [-0.1, -0.05) is 18.2 Å². The predicted molar refractivity (Wildman–Crippen MR) is 110 cm³/mol. The molecule has 5 rings (SSSR count). The lowest BCUT2D eigenvalue weighted by molar-refractivity contribution is -0.167. The van der Waals surface area contributed by atoms with Gasteiger partial charge in [-0.3, -0.25) is 14.2 Å². The number of morpholine rings is 1. The summed E-state index contributed by atoms with van der Waals surface area (Å²) in [4.78, 5) is 37.3. The SMILES string of the molecule is CN1CC2(CCN(C(=O)c3cnc4c(c3)ncn4-c3ccccc3)CC2)OCC1=O. The molecule has 0 bridgehead atoms. The summed E-state index contributed by atoms with van der Waals surface area (Å²) < 4.78 is 7.78. The number of para-hydroxylation sites is 1. The zero-order valence-electron chi connectivity index (χ0n) is 16.8. The largest absolute Gasteiger partial charge is 0.363 e. The van der Waals surface area contributed by atoms with Gasteiger partial charge in [0.15, 0.2) is 5.65 Å². The van der Waals surface area contributed by atoms with E-state index in [1.807, 2.05) is 39.8 Å². The number of rotatable bonds is 2. The number of carbonyl (C=O) groups excluding carboxylic acids is 2. The molecule has 154 valence electrons. The minimum absolute atomic E-state index is 0.00782. The van der Waals surface area contributed by atoms with Crippen molar-refractivity contribution >= 4 is 23.0 Å². The number of piperidine rings is 1. The Morgan fingerprint density at radius 2 is 1.90 bits per heavy atom. The van der Waals surface area contributed by atoms with Gasteiger partial charge in [-0.15, -0.1) is 0 Å². The molecule has 0 radical (unpaired) electrons. The molecule has 8 nitrogen and oxygen atoms in total. The number of nitrogens with zero attached hydrogens (tertiary/aromatic N) is 5. The van der Waals surface area contributed by atoms with E-state index in [4.69, 9.17) is 4.74 Å². The summed E-state index contributed by atoms with van der Waals surface area (Å²) >= 11 is 0. The number of likely N-dealkylation sites (N-methyl/N-ethyl adjacent to an activating group) is 1. The highest BCUT2D eigenvalue weighted by atomic mass is 16.5. The van der Waals surface area contributed by atoms with Crippen molar-refractivity contribution in [1.29, 1.82) is 0 Å².